The molecule has 0 amide bonds. The molecule has 0 saturated heterocycles. The van der Waals surface area contributed by atoms with Crippen LogP contribution in [0, 0.1) is 4.77 Å². The molecule has 1 N–H and O–H groups in total. The predicted molar refractivity (Wildman–Crippen MR) is 83.5 cm³/mol. The molecule has 0 saturated carbocycles. The van der Waals surface area contributed by atoms with Gasteiger partial charge in [0, 0.05) is 25.1 Å². The maximum absolute atomic E-state index is 5.43. The Labute approximate surface area is 122 Å². The van der Waals surface area contributed by atoms with Crippen molar-refractivity contribution >= 4 is 34.2 Å². The van der Waals surface area contributed by atoms with Gasteiger partial charge in [-0.1, -0.05) is 18.2 Å². The van der Waals surface area contributed by atoms with E-state index in [4.69, 9.17) is 17.0 Å². The smallest absolute Gasteiger partial charge is 0.178 e. The minimum absolute atomic E-state index is 0.745. The number of para-hydroxylation sites is 1. The second kappa shape index (κ2) is 5.73. The van der Waals surface area contributed by atoms with E-state index in [1.807, 2.05) is 31.3 Å². The van der Waals surface area contributed by atoms with Crippen molar-refractivity contribution in [3.05, 3.63) is 35.2 Å². The standard InChI is InChI=1S/C15H17N3OS/c1-2-19-9-5-8-18-14-11-6-3-4-7-12(11)16-10-13(14)17-15(18)20/h3-4,6-7,10H,2,5,8-9H2,1H3,(H,17,20). The van der Waals surface area contributed by atoms with Crippen LogP contribution in [0.2, 0.25) is 0 Å². The molecule has 4 nitrogen and oxygen atoms in total. The number of ether oxygens (including phenoxy) is 1. The molecular formula is C15H17N3OS. The van der Waals surface area contributed by atoms with E-state index in [2.05, 4.69) is 20.6 Å². The van der Waals surface area contributed by atoms with E-state index in [0.29, 0.717) is 0 Å². The molecule has 0 radical (unpaired) electrons. The summed E-state index contributed by atoms with van der Waals surface area (Å²) in [6, 6.07) is 8.15. The Morgan fingerprint density at radius 1 is 1.35 bits per heavy atom. The van der Waals surface area contributed by atoms with Gasteiger partial charge in [0.25, 0.3) is 0 Å². The van der Waals surface area contributed by atoms with E-state index >= 15 is 0 Å². The first-order valence-electron chi connectivity index (χ1n) is 6.85. The summed E-state index contributed by atoms with van der Waals surface area (Å²) in [6.45, 7) is 4.38. The quantitative estimate of drug-likeness (QED) is 0.575. The Bertz CT molecular complexity index is 791. The summed E-state index contributed by atoms with van der Waals surface area (Å²) in [6.07, 6.45) is 2.80. The number of H-pyrrole nitrogens is 1. The first kappa shape index (κ1) is 13.3. The highest BCUT2D eigenvalue weighted by atomic mass is 32.1. The fourth-order valence-electron chi connectivity index (χ4n) is 2.48. The molecule has 0 atom stereocenters. The third-order valence-electron chi connectivity index (χ3n) is 3.38. The van der Waals surface area contributed by atoms with Gasteiger partial charge in [0.15, 0.2) is 4.77 Å². The molecule has 20 heavy (non-hydrogen) atoms. The van der Waals surface area contributed by atoms with Gasteiger partial charge in [-0.25, -0.2) is 0 Å². The van der Waals surface area contributed by atoms with Crippen LogP contribution in [0.25, 0.3) is 21.9 Å². The van der Waals surface area contributed by atoms with Crippen LogP contribution in [0.15, 0.2) is 30.5 Å². The number of fused-ring (bicyclic) bond motifs is 3. The molecule has 3 rings (SSSR count). The lowest BCUT2D eigenvalue weighted by Gasteiger charge is -2.06. The van der Waals surface area contributed by atoms with Crippen LogP contribution >= 0.6 is 12.2 Å². The predicted octanol–water partition coefficient (Wildman–Crippen LogP) is 3.67. The molecule has 0 unspecified atom stereocenters. The third-order valence-corrected chi connectivity index (χ3v) is 3.70. The fourth-order valence-corrected chi connectivity index (χ4v) is 2.77. The molecule has 3 aromatic rings. The fraction of sp³-hybridized carbons (Fsp3) is 0.333. The monoisotopic (exact) mass is 287 g/mol. The Morgan fingerprint density at radius 3 is 3.05 bits per heavy atom. The van der Waals surface area contributed by atoms with Gasteiger partial charge in [-0.05, 0) is 31.6 Å². The van der Waals surface area contributed by atoms with Gasteiger partial charge in [0.2, 0.25) is 0 Å². The molecule has 0 aliphatic carbocycles. The summed E-state index contributed by atoms with van der Waals surface area (Å²) in [5, 5.41) is 1.13. The van der Waals surface area contributed by atoms with Gasteiger partial charge < -0.3 is 14.3 Å². The van der Waals surface area contributed by atoms with Crippen LogP contribution in [0.3, 0.4) is 0 Å². The van der Waals surface area contributed by atoms with E-state index < -0.39 is 0 Å². The summed E-state index contributed by atoms with van der Waals surface area (Å²) in [5.74, 6) is 0. The largest absolute Gasteiger partial charge is 0.382 e. The number of aromatic nitrogens is 3. The minimum Gasteiger partial charge on any atom is -0.382 e. The van der Waals surface area contributed by atoms with Crippen molar-refractivity contribution in [2.24, 2.45) is 0 Å². The van der Waals surface area contributed by atoms with Gasteiger partial charge in [-0.2, -0.15) is 0 Å². The van der Waals surface area contributed by atoms with Crippen molar-refractivity contribution in [3.8, 4) is 0 Å². The van der Waals surface area contributed by atoms with Gasteiger partial charge in [0.05, 0.1) is 22.7 Å². The average Bonchev–Trinajstić information content (AvgIpc) is 2.80. The number of rotatable bonds is 5. The van der Waals surface area contributed by atoms with Gasteiger partial charge >= 0.3 is 0 Å². The average molecular weight is 287 g/mol. The van der Waals surface area contributed by atoms with Crippen LogP contribution in [0.5, 0.6) is 0 Å². The molecule has 5 heteroatoms. The highest BCUT2D eigenvalue weighted by Crippen LogP contribution is 2.23. The minimum atomic E-state index is 0.745. The summed E-state index contributed by atoms with van der Waals surface area (Å²) < 4.78 is 8.29. The number of hydrogen-bond acceptors (Lipinski definition) is 3. The number of hydrogen-bond donors (Lipinski definition) is 1. The number of aryl methyl sites for hydroxylation is 1. The molecule has 0 aliphatic heterocycles. The Kier molecular flexibility index (Phi) is 3.80. The van der Waals surface area contributed by atoms with Crippen molar-refractivity contribution in [2.45, 2.75) is 19.9 Å². The molecule has 0 spiro atoms. The highest BCUT2D eigenvalue weighted by molar-refractivity contribution is 7.71. The zero-order chi connectivity index (χ0) is 13.9. The van der Waals surface area contributed by atoms with Crippen LogP contribution in [-0.4, -0.2) is 27.7 Å². The van der Waals surface area contributed by atoms with E-state index in [1.165, 1.54) is 0 Å². The first-order chi connectivity index (χ1) is 9.81. The van der Waals surface area contributed by atoms with Crippen molar-refractivity contribution in [3.63, 3.8) is 0 Å². The third kappa shape index (κ3) is 2.34. The number of nitrogens with zero attached hydrogens (tertiary/aromatic N) is 2. The van der Waals surface area contributed by atoms with Crippen molar-refractivity contribution in [2.75, 3.05) is 13.2 Å². The van der Waals surface area contributed by atoms with Crippen LogP contribution in [0.1, 0.15) is 13.3 Å². The van der Waals surface area contributed by atoms with Gasteiger partial charge in [-0.3, -0.25) is 4.98 Å². The second-order valence-corrected chi connectivity index (χ2v) is 5.06. The van der Waals surface area contributed by atoms with Crippen LogP contribution in [0.4, 0.5) is 0 Å². The second-order valence-electron chi connectivity index (χ2n) is 4.67. The maximum Gasteiger partial charge on any atom is 0.178 e. The number of pyridine rings is 1. The van der Waals surface area contributed by atoms with E-state index in [0.717, 1.165) is 52.9 Å². The van der Waals surface area contributed by atoms with E-state index in [-0.39, 0.29) is 0 Å². The molecule has 0 bridgehead atoms. The summed E-state index contributed by atoms with van der Waals surface area (Å²) in [7, 11) is 0. The Morgan fingerprint density at radius 2 is 2.20 bits per heavy atom. The summed E-state index contributed by atoms with van der Waals surface area (Å²) >= 11 is 5.43. The molecule has 0 fully saturated rings. The zero-order valence-electron chi connectivity index (χ0n) is 11.4. The number of benzene rings is 1. The molecule has 104 valence electrons. The van der Waals surface area contributed by atoms with Crippen molar-refractivity contribution in [1.29, 1.82) is 0 Å². The van der Waals surface area contributed by atoms with Crippen LogP contribution < -0.4 is 0 Å². The Hall–Kier alpha value is -1.72. The number of nitrogens with one attached hydrogen (secondary N) is 1. The normalized spacial score (nSPS) is 11.4. The van der Waals surface area contributed by atoms with E-state index in [1.54, 1.807) is 0 Å². The molecule has 1 aromatic carbocycles. The topological polar surface area (TPSA) is 42.8 Å². The lowest BCUT2D eigenvalue weighted by Crippen LogP contribution is -2.03. The van der Waals surface area contributed by atoms with Crippen molar-refractivity contribution in [1.82, 2.24) is 14.5 Å². The lowest BCUT2D eigenvalue weighted by atomic mass is 10.2. The molecule has 2 heterocycles. The SMILES string of the molecule is CCOCCCn1c(=S)[nH]c2cnc3ccccc3c21. The number of aromatic amines is 1. The van der Waals surface area contributed by atoms with Gasteiger partial charge in [-0.15, -0.1) is 0 Å². The molecular weight excluding hydrogens is 270 g/mol. The maximum atomic E-state index is 5.43. The van der Waals surface area contributed by atoms with Gasteiger partial charge in [0.1, 0.15) is 0 Å². The highest BCUT2D eigenvalue weighted by Gasteiger charge is 2.08. The summed E-state index contributed by atoms with van der Waals surface area (Å²) in [5.41, 5.74) is 3.12. The lowest BCUT2D eigenvalue weighted by molar-refractivity contribution is 0.142. The van der Waals surface area contributed by atoms with Crippen LogP contribution in [-0.2, 0) is 11.3 Å². The van der Waals surface area contributed by atoms with Crippen molar-refractivity contribution < 1.29 is 4.74 Å². The number of imidazole rings is 1. The first-order valence-corrected chi connectivity index (χ1v) is 7.26. The summed E-state index contributed by atoms with van der Waals surface area (Å²) in [4.78, 5) is 7.69. The molecule has 0 aliphatic rings. The Balaban J connectivity index is 2.08. The zero-order valence-corrected chi connectivity index (χ0v) is 12.2. The molecule has 2 aromatic heterocycles. The van der Waals surface area contributed by atoms with E-state index in [9.17, 15) is 0 Å².